The minimum atomic E-state index is -1.88. The van der Waals surface area contributed by atoms with Gasteiger partial charge in [-0.3, -0.25) is 71.9 Å². The number of carboxylic acid groups (broad SMARTS) is 2. The molecule has 117 heavy (non-hydrogen) atoms. The van der Waals surface area contributed by atoms with E-state index in [1.807, 2.05) is 48.5 Å². The highest BCUT2D eigenvalue weighted by Crippen LogP contribution is 2.30. The molecule has 0 unspecified atom stereocenters. The number of fused-ring (bicyclic) bond motifs is 3. The summed E-state index contributed by atoms with van der Waals surface area (Å²) in [5.74, 6) is -16.6. The van der Waals surface area contributed by atoms with Crippen LogP contribution in [-0.4, -0.2) is 226 Å². The Labute approximate surface area is 676 Å². The Morgan fingerprint density at radius 2 is 0.812 bits per heavy atom. The van der Waals surface area contributed by atoms with Gasteiger partial charge in [-0.05, 0) is 127 Å². The van der Waals surface area contributed by atoms with Crippen LogP contribution in [0, 0.1) is 17.8 Å². The van der Waals surface area contributed by atoms with Gasteiger partial charge < -0.3 is 112 Å². The molecule has 0 aliphatic heterocycles. The lowest BCUT2D eigenvalue weighted by molar-refractivity contribution is -0.142. The summed E-state index contributed by atoms with van der Waals surface area (Å²) < 4.78 is 0. The molecule has 0 saturated heterocycles. The van der Waals surface area contributed by atoms with Crippen molar-refractivity contribution in [2.24, 2.45) is 35.0 Å². The van der Waals surface area contributed by atoms with Crippen LogP contribution in [-0.2, 0) is 91.2 Å². The largest absolute Gasteiger partial charge is 0.481 e. The van der Waals surface area contributed by atoms with Gasteiger partial charge >= 0.3 is 11.9 Å². The number of para-hydroxylation sites is 1. The second-order valence-corrected chi connectivity index (χ2v) is 29.3. The standard InChI is InChI=1S/C81H111N17O19/c1-8-45(6)69(80(115)87-46(7)81(116)117)98-79(114)68(44(4)5)97-73(108)56(27-29-66(103)104)89-74(109)60(36-47-18-10-9-11-19-47)93-72(107)59(32-35-84)90-71(106)58(31-34-83)91-77(112)63(42-100)95-75(110)61(38-50-39-85-55-25-17-16-24-53(50)55)94-76(111)62(41-99)88-65(102)40-86-70(105)57(30-33-82)92-78(113)67(43(2)3)96-64(101)28-26-54-51-22-14-12-20-48(51)37-49-21-13-15-23-52(49)54/h9-25,37,39,43-46,56-63,67-69,85,99-100H,8,26-36,38,40-42,82-84H2,1-7H3,(H,86,105)(H,87,115)(H,88,102)(H,89,109)(H,90,106)(H,91,112)(H,92,113)(H,93,107)(H,94,111)(H,95,110)(H,96,101)(H,97,108)(H,98,114)(H,103,104)(H,116,117)/t45-,46-,56-,57+,58-,59+,60-,61+,62+,63-,67+,68-,69+/m0/s1. The zero-order chi connectivity index (χ0) is 86.2. The van der Waals surface area contributed by atoms with E-state index >= 15 is 0 Å². The number of H-pyrrole nitrogens is 1. The number of amides is 13. The lowest BCUT2D eigenvalue weighted by Gasteiger charge is -2.30. The van der Waals surface area contributed by atoms with Crippen molar-refractivity contribution in [2.75, 3.05) is 39.4 Å². The van der Waals surface area contributed by atoms with Crippen molar-refractivity contribution in [3.63, 3.8) is 0 Å². The minimum Gasteiger partial charge on any atom is -0.481 e. The van der Waals surface area contributed by atoms with Crippen LogP contribution in [0.15, 0.2) is 115 Å². The molecule has 634 valence electrons. The second kappa shape index (κ2) is 46.5. The summed E-state index contributed by atoms with van der Waals surface area (Å²) >= 11 is 0. The number of hydrogen-bond donors (Lipinski definition) is 21. The first kappa shape index (κ1) is 93.9. The van der Waals surface area contributed by atoms with Gasteiger partial charge in [-0.2, -0.15) is 0 Å². The van der Waals surface area contributed by atoms with Gasteiger partial charge in [0.15, 0.2) is 0 Å². The maximum Gasteiger partial charge on any atom is 0.325 e. The number of rotatable bonds is 48. The average molecular weight is 1630 g/mol. The predicted octanol–water partition coefficient (Wildman–Crippen LogP) is -1.82. The number of aliphatic hydroxyl groups is 2. The van der Waals surface area contributed by atoms with Gasteiger partial charge in [0.25, 0.3) is 0 Å². The SMILES string of the molecule is CC[C@H](C)[C@@H](NC(=O)[C@@H](NC(=O)[C@H](CCC(=O)O)NC(=O)[C@H](Cc1ccccc1)NC(=O)[C@@H](CCN)NC(=O)[C@H](CCN)NC(=O)[C@H](CO)NC(=O)[C@@H](Cc1c[nH]c2ccccc12)NC(=O)[C@@H](CO)NC(=O)CNC(=O)[C@@H](CCN)NC(=O)[C@H](NC(=O)CCc1c2ccccc2cc2ccccc12)C(C)C)C(C)C)C(=O)N[C@@H](C)C(=O)O. The highest BCUT2D eigenvalue weighted by molar-refractivity contribution is 6.04. The second-order valence-electron chi connectivity index (χ2n) is 29.3. The predicted molar refractivity (Wildman–Crippen MR) is 433 cm³/mol. The van der Waals surface area contributed by atoms with Gasteiger partial charge in [0.1, 0.15) is 72.5 Å². The molecule has 36 nitrogen and oxygen atoms in total. The molecule has 0 bridgehead atoms. The van der Waals surface area contributed by atoms with Crippen LogP contribution in [0.1, 0.15) is 110 Å². The zero-order valence-electron chi connectivity index (χ0n) is 66.6. The minimum absolute atomic E-state index is 0.0334. The quantitative estimate of drug-likeness (QED) is 0.0187. The molecule has 6 rings (SSSR count). The number of nitrogens with one attached hydrogen (secondary N) is 14. The number of aromatic nitrogens is 1. The van der Waals surface area contributed by atoms with Crippen LogP contribution in [0.2, 0.25) is 0 Å². The van der Waals surface area contributed by atoms with Crippen molar-refractivity contribution in [1.29, 1.82) is 0 Å². The highest BCUT2D eigenvalue weighted by atomic mass is 16.4. The number of carbonyl (C=O) groups is 15. The third-order valence-corrected chi connectivity index (χ3v) is 19.8. The number of aliphatic hydroxyl groups excluding tert-OH is 2. The first-order valence-corrected chi connectivity index (χ1v) is 38.9. The van der Waals surface area contributed by atoms with Gasteiger partial charge in [-0.1, -0.05) is 145 Å². The number of carbonyl (C=O) groups excluding carboxylic acids is 13. The summed E-state index contributed by atoms with van der Waals surface area (Å²) in [5.41, 5.74) is 20.3. The lowest BCUT2D eigenvalue weighted by atomic mass is 9.94. The molecule has 1 heterocycles. The third kappa shape index (κ3) is 28.2. The Bertz CT molecular complexity index is 4410. The van der Waals surface area contributed by atoms with E-state index in [0.29, 0.717) is 34.9 Å². The van der Waals surface area contributed by atoms with Gasteiger partial charge in [-0.25, -0.2) is 0 Å². The highest BCUT2D eigenvalue weighted by Gasteiger charge is 2.39. The van der Waals surface area contributed by atoms with Gasteiger partial charge in [0, 0.05) is 42.8 Å². The molecule has 0 spiro atoms. The first-order valence-electron chi connectivity index (χ1n) is 38.9. The van der Waals surface area contributed by atoms with E-state index < -0.39 is 212 Å². The van der Waals surface area contributed by atoms with Crippen molar-refractivity contribution in [1.82, 2.24) is 74.1 Å². The molecule has 5 aromatic carbocycles. The first-order chi connectivity index (χ1) is 55.8. The van der Waals surface area contributed by atoms with Gasteiger partial charge in [-0.15, -0.1) is 0 Å². The molecule has 0 aliphatic carbocycles. The normalized spacial score (nSPS) is 14.6. The van der Waals surface area contributed by atoms with E-state index in [2.05, 4.69) is 80.2 Å². The van der Waals surface area contributed by atoms with Crippen molar-refractivity contribution in [3.05, 3.63) is 132 Å². The summed E-state index contributed by atoms with van der Waals surface area (Å²) in [6, 6.07) is 14.6. The third-order valence-electron chi connectivity index (χ3n) is 19.8. The van der Waals surface area contributed by atoms with Crippen LogP contribution < -0.4 is 86.3 Å². The number of benzene rings is 5. The molecule has 0 aliphatic rings. The van der Waals surface area contributed by atoms with E-state index in [-0.39, 0.29) is 58.2 Å². The molecule has 24 N–H and O–H groups in total. The fourth-order valence-electron chi connectivity index (χ4n) is 12.9. The summed E-state index contributed by atoms with van der Waals surface area (Å²) in [4.78, 5) is 209. The number of aromatic amines is 1. The molecule has 0 radical (unpaired) electrons. The summed E-state index contributed by atoms with van der Waals surface area (Å²) in [6.45, 7) is 7.53. The van der Waals surface area contributed by atoms with Crippen LogP contribution in [0.5, 0.6) is 0 Å². The topological polar surface area (TPSA) is 587 Å². The van der Waals surface area contributed by atoms with Crippen LogP contribution >= 0.6 is 0 Å². The van der Waals surface area contributed by atoms with Crippen molar-refractivity contribution < 1.29 is 92.3 Å². The van der Waals surface area contributed by atoms with Crippen LogP contribution in [0.4, 0.5) is 0 Å². The van der Waals surface area contributed by atoms with E-state index in [0.717, 1.165) is 27.1 Å². The van der Waals surface area contributed by atoms with Crippen LogP contribution in [0.25, 0.3) is 32.4 Å². The van der Waals surface area contributed by atoms with Gasteiger partial charge in [0.2, 0.25) is 76.8 Å². The van der Waals surface area contributed by atoms with Gasteiger partial charge in [0.05, 0.1) is 19.8 Å². The summed E-state index contributed by atoms with van der Waals surface area (Å²) in [5, 5.41) is 77.4. The van der Waals surface area contributed by atoms with E-state index in [9.17, 15) is 92.3 Å². The molecule has 6 aromatic rings. The Kier molecular flexibility index (Phi) is 37.3. The summed E-state index contributed by atoms with van der Waals surface area (Å²) in [6.07, 6.45) is -0.245. The van der Waals surface area contributed by atoms with E-state index in [4.69, 9.17) is 17.2 Å². The molecule has 0 fully saturated rings. The fourth-order valence-corrected chi connectivity index (χ4v) is 12.9. The number of nitrogens with two attached hydrogens (primary N) is 3. The average Bonchev–Trinajstić information content (AvgIpc) is 1.33. The zero-order valence-corrected chi connectivity index (χ0v) is 66.6. The maximum absolute atomic E-state index is 14.5. The fraction of sp³-hybridized carbons (Fsp3) is 0.469. The maximum atomic E-state index is 14.5. The molecule has 1 aromatic heterocycles. The van der Waals surface area contributed by atoms with E-state index in [1.54, 1.807) is 102 Å². The Morgan fingerprint density at radius 1 is 0.402 bits per heavy atom. The van der Waals surface area contributed by atoms with E-state index in [1.165, 1.54) is 6.92 Å². The molecular weight excluding hydrogens is 1510 g/mol. The lowest BCUT2D eigenvalue weighted by Crippen LogP contribution is -2.62. The number of aliphatic carboxylic acids is 2. The number of hydrogen-bond acceptors (Lipinski definition) is 20. The molecule has 13 amide bonds. The Hall–Kier alpha value is -12.0. The van der Waals surface area contributed by atoms with Crippen LogP contribution in [0.3, 0.4) is 0 Å². The molecule has 13 atom stereocenters. The Morgan fingerprint density at radius 3 is 1.32 bits per heavy atom. The monoisotopic (exact) mass is 1630 g/mol. The molecular formula is C81H111N17O19. The van der Waals surface area contributed by atoms with Crippen molar-refractivity contribution in [3.8, 4) is 0 Å². The molecule has 0 saturated carbocycles. The van der Waals surface area contributed by atoms with Crippen molar-refractivity contribution in [2.45, 2.75) is 185 Å². The molecule has 36 heteroatoms. The van der Waals surface area contributed by atoms with Crippen molar-refractivity contribution >= 4 is 121 Å². The number of aryl methyl sites for hydroxylation is 1. The number of carboxylic acids is 2. The Balaban J connectivity index is 1.11. The summed E-state index contributed by atoms with van der Waals surface area (Å²) in [7, 11) is 0. The smallest absolute Gasteiger partial charge is 0.325 e.